The van der Waals surface area contributed by atoms with Crippen molar-refractivity contribution in [2.45, 2.75) is 39.2 Å². The molecule has 1 amide bonds. The second kappa shape index (κ2) is 7.14. The molecule has 1 aromatic carbocycles. The van der Waals surface area contributed by atoms with E-state index in [4.69, 9.17) is 4.74 Å². The van der Waals surface area contributed by atoms with E-state index in [0.717, 1.165) is 35.5 Å². The van der Waals surface area contributed by atoms with Gasteiger partial charge in [0.2, 0.25) is 5.91 Å². The molecule has 4 rings (SSSR count). The summed E-state index contributed by atoms with van der Waals surface area (Å²) in [5, 5.41) is 3.17. The molecular formula is C21H24N4O3. The van der Waals surface area contributed by atoms with Crippen molar-refractivity contribution in [2.75, 3.05) is 13.7 Å². The summed E-state index contributed by atoms with van der Waals surface area (Å²) in [6.07, 6.45) is 2.12. The maximum Gasteiger partial charge on any atom is 0.275 e. The van der Waals surface area contributed by atoms with Gasteiger partial charge in [-0.1, -0.05) is 12.1 Å². The number of nitrogens with zero attached hydrogens (tertiary/aromatic N) is 3. The lowest BCUT2D eigenvalue weighted by molar-refractivity contribution is -0.131. The van der Waals surface area contributed by atoms with Crippen molar-refractivity contribution in [3.63, 3.8) is 0 Å². The Hall–Kier alpha value is -3.09. The molecule has 7 nitrogen and oxygen atoms in total. The van der Waals surface area contributed by atoms with Crippen LogP contribution in [0.4, 0.5) is 0 Å². The van der Waals surface area contributed by atoms with E-state index >= 15 is 0 Å². The minimum Gasteiger partial charge on any atom is -0.497 e. The molecule has 146 valence electrons. The number of H-pyrrole nitrogens is 1. The summed E-state index contributed by atoms with van der Waals surface area (Å²) in [5.41, 5.74) is 3.63. The number of carbonyl (C=O) groups is 1. The molecular weight excluding hydrogens is 356 g/mol. The number of carbonyl (C=O) groups excluding carboxylic acids is 1. The quantitative estimate of drug-likeness (QED) is 0.754. The normalized spacial score (nSPS) is 16.7. The molecule has 1 atom stereocenters. The van der Waals surface area contributed by atoms with E-state index in [9.17, 15) is 9.59 Å². The van der Waals surface area contributed by atoms with Crippen molar-refractivity contribution in [2.24, 2.45) is 0 Å². The topological polar surface area (TPSA) is 79.7 Å². The van der Waals surface area contributed by atoms with Gasteiger partial charge in [0.1, 0.15) is 5.75 Å². The number of benzene rings is 1. The number of rotatable bonds is 4. The molecule has 0 spiro atoms. The third kappa shape index (κ3) is 3.17. The number of likely N-dealkylation sites (tertiary alicyclic amines) is 1. The van der Waals surface area contributed by atoms with Crippen LogP contribution in [0.25, 0.3) is 5.65 Å². The molecule has 2 aromatic heterocycles. The second-order valence-corrected chi connectivity index (χ2v) is 7.31. The van der Waals surface area contributed by atoms with Gasteiger partial charge in [-0.3, -0.25) is 14.7 Å². The highest BCUT2D eigenvalue weighted by molar-refractivity contribution is 5.79. The Kier molecular flexibility index (Phi) is 4.66. The third-order valence-electron chi connectivity index (χ3n) is 5.53. The Balaban J connectivity index is 1.61. The Morgan fingerprint density at radius 2 is 2.14 bits per heavy atom. The van der Waals surface area contributed by atoms with Gasteiger partial charge in [-0.2, -0.15) is 0 Å². The van der Waals surface area contributed by atoms with Crippen molar-refractivity contribution >= 4 is 11.6 Å². The van der Waals surface area contributed by atoms with Gasteiger partial charge in [-0.05, 0) is 44.4 Å². The summed E-state index contributed by atoms with van der Waals surface area (Å²) in [6, 6.07) is 9.40. The fourth-order valence-corrected chi connectivity index (χ4v) is 3.86. The molecule has 7 heteroatoms. The first-order valence-electron chi connectivity index (χ1n) is 9.49. The average molecular weight is 380 g/mol. The van der Waals surface area contributed by atoms with Crippen molar-refractivity contribution in [1.29, 1.82) is 0 Å². The van der Waals surface area contributed by atoms with E-state index in [-0.39, 0.29) is 17.5 Å². The molecule has 1 aliphatic heterocycles. The minimum absolute atomic E-state index is 0.0696. The minimum atomic E-state index is -0.0963. The lowest BCUT2D eigenvalue weighted by atomic mass is 10.1. The average Bonchev–Trinajstić information content (AvgIpc) is 3.33. The molecule has 0 saturated carbocycles. The lowest BCUT2D eigenvalue weighted by Crippen LogP contribution is -2.32. The van der Waals surface area contributed by atoms with Crippen LogP contribution in [0.2, 0.25) is 0 Å². The molecule has 0 bridgehead atoms. The highest BCUT2D eigenvalue weighted by Gasteiger charge is 2.31. The van der Waals surface area contributed by atoms with Crippen LogP contribution in [0.1, 0.15) is 41.4 Å². The fraction of sp³-hybridized carbons (Fsp3) is 0.381. The van der Waals surface area contributed by atoms with Crippen LogP contribution in [-0.4, -0.2) is 39.1 Å². The Morgan fingerprint density at radius 1 is 1.32 bits per heavy atom. The zero-order chi connectivity index (χ0) is 19.8. The molecule has 0 aliphatic carbocycles. The van der Waals surface area contributed by atoms with Gasteiger partial charge in [0, 0.05) is 23.9 Å². The highest BCUT2D eigenvalue weighted by atomic mass is 16.5. The first-order valence-corrected chi connectivity index (χ1v) is 9.49. The summed E-state index contributed by atoms with van der Waals surface area (Å²) in [4.78, 5) is 31.9. The number of aromatic nitrogens is 3. The van der Waals surface area contributed by atoms with Crippen LogP contribution >= 0.6 is 0 Å². The number of nitrogens with one attached hydrogen (secondary N) is 1. The molecule has 1 N–H and O–H groups in total. The van der Waals surface area contributed by atoms with Crippen LogP contribution in [-0.2, 0) is 11.2 Å². The molecule has 0 radical (unpaired) electrons. The number of methoxy groups -OCH3 is 1. The Bertz CT molecular complexity index is 1100. The number of amides is 1. The zero-order valence-corrected chi connectivity index (χ0v) is 16.4. The molecule has 1 fully saturated rings. The maximum atomic E-state index is 13.0. The van der Waals surface area contributed by atoms with E-state index in [1.54, 1.807) is 14.0 Å². The van der Waals surface area contributed by atoms with Gasteiger partial charge >= 0.3 is 0 Å². The molecule has 28 heavy (non-hydrogen) atoms. The van der Waals surface area contributed by atoms with E-state index in [1.807, 2.05) is 42.2 Å². The summed E-state index contributed by atoms with van der Waals surface area (Å²) >= 11 is 0. The summed E-state index contributed by atoms with van der Waals surface area (Å²) in [6.45, 7) is 4.32. The van der Waals surface area contributed by atoms with Crippen molar-refractivity contribution in [3.8, 4) is 5.75 Å². The number of ether oxygens (including phenoxy) is 1. The van der Waals surface area contributed by atoms with Gasteiger partial charge in [-0.15, -0.1) is 0 Å². The molecule has 1 aliphatic rings. The predicted octanol–water partition coefficient (Wildman–Crippen LogP) is 2.55. The molecule has 1 unspecified atom stereocenters. The SMILES string of the molecule is COc1cccc(CC(=O)N2CCCC2c2cc3nc(C)c(C)c(=O)n3[nH]2)c1. The van der Waals surface area contributed by atoms with Crippen molar-refractivity contribution < 1.29 is 9.53 Å². The maximum absolute atomic E-state index is 13.0. The van der Waals surface area contributed by atoms with E-state index in [0.29, 0.717) is 24.2 Å². The van der Waals surface area contributed by atoms with Gasteiger partial charge < -0.3 is 9.64 Å². The highest BCUT2D eigenvalue weighted by Crippen LogP contribution is 2.32. The van der Waals surface area contributed by atoms with Crippen molar-refractivity contribution in [1.82, 2.24) is 19.5 Å². The summed E-state index contributed by atoms with van der Waals surface area (Å²) in [5.74, 6) is 0.817. The van der Waals surface area contributed by atoms with E-state index in [1.165, 1.54) is 4.52 Å². The lowest BCUT2D eigenvalue weighted by Gasteiger charge is -2.24. The Morgan fingerprint density at radius 3 is 2.93 bits per heavy atom. The summed E-state index contributed by atoms with van der Waals surface area (Å²) in [7, 11) is 1.62. The molecule has 3 aromatic rings. The fourth-order valence-electron chi connectivity index (χ4n) is 3.86. The van der Waals surface area contributed by atoms with Gasteiger partial charge in [0.05, 0.1) is 25.3 Å². The number of hydrogen-bond donors (Lipinski definition) is 1. The zero-order valence-electron chi connectivity index (χ0n) is 16.4. The predicted molar refractivity (Wildman–Crippen MR) is 106 cm³/mol. The monoisotopic (exact) mass is 380 g/mol. The summed E-state index contributed by atoms with van der Waals surface area (Å²) < 4.78 is 6.72. The third-order valence-corrected chi connectivity index (χ3v) is 5.53. The van der Waals surface area contributed by atoms with Crippen molar-refractivity contribution in [3.05, 3.63) is 63.2 Å². The number of hydrogen-bond acceptors (Lipinski definition) is 4. The van der Waals surface area contributed by atoms with E-state index < -0.39 is 0 Å². The van der Waals surface area contributed by atoms with Crippen LogP contribution < -0.4 is 10.3 Å². The van der Waals surface area contributed by atoms with Crippen LogP contribution in [0, 0.1) is 13.8 Å². The number of aryl methyl sites for hydroxylation is 1. The largest absolute Gasteiger partial charge is 0.497 e. The number of fused-ring (bicyclic) bond motifs is 1. The van der Waals surface area contributed by atoms with Crippen LogP contribution in [0.15, 0.2) is 35.1 Å². The first kappa shape index (κ1) is 18.3. The Labute approximate surface area is 162 Å². The van der Waals surface area contributed by atoms with Crippen LogP contribution in [0.3, 0.4) is 0 Å². The first-order chi connectivity index (χ1) is 13.5. The van der Waals surface area contributed by atoms with Crippen LogP contribution in [0.5, 0.6) is 5.75 Å². The second-order valence-electron chi connectivity index (χ2n) is 7.31. The van der Waals surface area contributed by atoms with Gasteiger partial charge in [0.15, 0.2) is 5.65 Å². The molecule has 1 saturated heterocycles. The molecule has 3 heterocycles. The smallest absolute Gasteiger partial charge is 0.275 e. The van der Waals surface area contributed by atoms with Gasteiger partial charge in [0.25, 0.3) is 5.56 Å². The van der Waals surface area contributed by atoms with Gasteiger partial charge in [-0.25, -0.2) is 9.50 Å². The standard InChI is InChI=1S/C21H24N4O3/c1-13-14(2)22-19-12-17(23-25(19)21(13)27)18-8-5-9-24(18)20(26)11-15-6-4-7-16(10-15)28-3/h4,6-7,10,12,18,23H,5,8-9,11H2,1-3H3. The van der Waals surface area contributed by atoms with E-state index in [2.05, 4.69) is 10.1 Å². The number of aromatic amines is 1.